The number of rotatable bonds is 2. The van der Waals surface area contributed by atoms with Gasteiger partial charge in [0.2, 0.25) is 0 Å². The van der Waals surface area contributed by atoms with Gasteiger partial charge in [-0.2, -0.15) is 0 Å². The lowest BCUT2D eigenvalue weighted by Crippen LogP contribution is -2.38. The molecule has 1 atom stereocenters. The molecule has 1 aromatic heterocycles. The number of nitrogens with zero attached hydrogens (tertiary/aromatic N) is 2. The van der Waals surface area contributed by atoms with Crippen LogP contribution in [-0.4, -0.2) is 9.67 Å². The van der Waals surface area contributed by atoms with Crippen LogP contribution in [0.2, 0.25) is 0 Å². The zero-order valence-corrected chi connectivity index (χ0v) is 21.8. The lowest BCUT2D eigenvalue weighted by Gasteiger charge is -2.30. The van der Waals surface area contributed by atoms with E-state index in [9.17, 15) is 9.90 Å². The van der Waals surface area contributed by atoms with Crippen molar-refractivity contribution in [1.29, 1.82) is 0 Å². The number of fused-ring (bicyclic) bond motifs is 3. The highest BCUT2D eigenvalue weighted by Crippen LogP contribution is 2.41. The number of phenolic OH excluding ortho intramolecular Hbond substituents is 1. The molecule has 7 heteroatoms. The first-order chi connectivity index (χ1) is 16.5. The Hall–Kier alpha value is -2.74. The molecule has 0 bridgehead atoms. The fourth-order valence-electron chi connectivity index (χ4n) is 4.73. The summed E-state index contributed by atoms with van der Waals surface area (Å²) in [4.78, 5) is 19.5. The van der Waals surface area contributed by atoms with Crippen molar-refractivity contribution in [3.63, 3.8) is 0 Å². The van der Waals surface area contributed by atoms with Gasteiger partial charge in [0.25, 0.3) is 5.56 Å². The van der Waals surface area contributed by atoms with Gasteiger partial charge in [-0.3, -0.25) is 9.36 Å². The van der Waals surface area contributed by atoms with Crippen LogP contribution >= 0.6 is 43.2 Å². The minimum atomic E-state index is -0.193. The van der Waals surface area contributed by atoms with Gasteiger partial charge in [0.1, 0.15) is 5.75 Å². The van der Waals surface area contributed by atoms with Gasteiger partial charge in [-0.25, -0.2) is 4.99 Å². The number of benzene rings is 3. The summed E-state index contributed by atoms with van der Waals surface area (Å²) in [5.74, 6) is 0.167. The van der Waals surface area contributed by atoms with Crippen LogP contribution in [0.15, 0.2) is 91.0 Å². The van der Waals surface area contributed by atoms with Crippen LogP contribution in [0.4, 0.5) is 0 Å². The third-order valence-electron chi connectivity index (χ3n) is 6.33. The standard InChI is InChI=1S/C27H18Br2N2O2S/c28-18-9-6-17(7-10-18)25-20-11-8-16-3-1-2-4-19(16)24(20)30-27-31(25)26(33)23(34-27)14-15-5-12-22(32)21(29)13-15/h1-7,9-10,12-14,25,32H,8,11H2/b23-14-/t25-/m1/s1. The van der Waals surface area contributed by atoms with E-state index in [1.54, 1.807) is 18.2 Å². The van der Waals surface area contributed by atoms with Crippen molar-refractivity contribution in [2.75, 3.05) is 0 Å². The third-order valence-corrected chi connectivity index (χ3v) is 8.47. The maximum absolute atomic E-state index is 13.7. The Bertz CT molecular complexity index is 1670. The number of aromatic hydroxyl groups is 1. The Labute approximate surface area is 216 Å². The Morgan fingerprint density at radius 1 is 1.03 bits per heavy atom. The number of halogens is 2. The summed E-state index contributed by atoms with van der Waals surface area (Å²) in [6.45, 7) is 0. The average molecular weight is 594 g/mol. The van der Waals surface area contributed by atoms with Gasteiger partial charge in [0.15, 0.2) is 4.80 Å². The van der Waals surface area contributed by atoms with E-state index in [1.807, 2.05) is 22.8 Å². The van der Waals surface area contributed by atoms with Gasteiger partial charge < -0.3 is 5.11 Å². The first kappa shape index (κ1) is 21.8. The number of allylic oxidation sites excluding steroid dienone is 1. The normalized spacial score (nSPS) is 17.1. The summed E-state index contributed by atoms with van der Waals surface area (Å²) in [6, 6.07) is 21.7. The SMILES string of the molecule is O=c1/c(=C/c2ccc(O)c(Br)c2)sc2n1[C@H](c1ccc(Br)cc1)C1=C(N=2)c2ccccc2CC1. The van der Waals surface area contributed by atoms with E-state index in [4.69, 9.17) is 4.99 Å². The molecule has 4 nitrogen and oxygen atoms in total. The van der Waals surface area contributed by atoms with Gasteiger partial charge >= 0.3 is 0 Å². The molecule has 2 aliphatic rings. The number of aryl methyl sites for hydroxylation is 1. The molecule has 0 unspecified atom stereocenters. The molecule has 0 amide bonds. The van der Waals surface area contributed by atoms with E-state index in [-0.39, 0.29) is 17.4 Å². The quantitative estimate of drug-likeness (QED) is 0.331. The largest absolute Gasteiger partial charge is 0.507 e. The second-order valence-corrected chi connectivity index (χ2v) is 11.2. The van der Waals surface area contributed by atoms with Crippen molar-refractivity contribution < 1.29 is 5.11 Å². The van der Waals surface area contributed by atoms with E-state index < -0.39 is 0 Å². The fraction of sp³-hybridized carbons (Fsp3) is 0.111. The van der Waals surface area contributed by atoms with Gasteiger partial charge in [-0.05, 0) is 81.4 Å². The Balaban J connectivity index is 1.62. The van der Waals surface area contributed by atoms with Gasteiger partial charge in [-0.1, -0.05) is 69.7 Å². The summed E-state index contributed by atoms with van der Waals surface area (Å²) in [5.41, 5.74) is 6.50. The molecule has 2 heterocycles. The van der Waals surface area contributed by atoms with Gasteiger partial charge in [-0.15, -0.1) is 0 Å². The van der Waals surface area contributed by atoms with Crippen molar-refractivity contribution in [1.82, 2.24) is 4.57 Å². The van der Waals surface area contributed by atoms with Crippen LogP contribution in [0.1, 0.15) is 34.7 Å². The summed E-state index contributed by atoms with van der Waals surface area (Å²) in [6.07, 6.45) is 3.66. The second-order valence-electron chi connectivity index (χ2n) is 8.38. The van der Waals surface area contributed by atoms with Crippen molar-refractivity contribution >= 4 is 55.0 Å². The number of hydrogen-bond acceptors (Lipinski definition) is 4. The van der Waals surface area contributed by atoms with Gasteiger partial charge in [0, 0.05) is 10.0 Å². The summed E-state index contributed by atoms with van der Waals surface area (Å²) in [5, 5.41) is 9.83. The molecular weight excluding hydrogens is 576 g/mol. The maximum Gasteiger partial charge on any atom is 0.271 e. The topological polar surface area (TPSA) is 54.6 Å². The predicted molar refractivity (Wildman–Crippen MR) is 143 cm³/mol. The first-order valence-corrected chi connectivity index (χ1v) is 13.3. The molecule has 0 radical (unpaired) electrons. The number of phenols is 1. The maximum atomic E-state index is 13.7. The average Bonchev–Trinajstić information content (AvgIpc) is 3.15. The molecule has 1 aliphatic carbocycles. The highest BCUT2D eigenvalue weighted by Gasteiger charge is 2.32. The van der Waals surface area contributed by atoms with E-state index in [0.717, 1.165) is 39.7 Å². The van der Waals surface area contributed by atoms with Crippen LogP contribution in [0.5, 0.6) is 5.75 Å². The minimum absolute atomic E-state index is 0.0497. The number of hydrogen-bond donors (Lipinski definition) is 1. The fourth-order valence-corrected chi connectivity index (χ4v) is 6.39. The molecule has 4 aromatic rings. The zero-order valence-electron chi connectivity index (χ0n) is 17.8. The molecule has 0 saturated carbocycles. The molecule has 0 saturated heterocycles. The Kier molecular flexibility index (Phi) is 5.43. The Morgan fingerprint density at radius 3 is 2.62 bits per heavy atom. The molecule has 1 N–H and O–H groups in total. The van der Waals surface area contributed by atoms with Crippen molar-refractivity contribution in [2.24, 2.45) is 4.99 Å². The summed E-state index contributed by atoms with van der Waals surface area (Å²) >= 11 is 8.30. The van der Waals surface area contributed by atoms with Crippen LogP contribution in [0.3, 0.4) is 0 Å². The highest BCUT2D eigenvalue weighted by molar-refractivity contribution is 9.10. The van der Waals surface area contributed by atoms with Crippen LogP contribution < -0.4 is 14.9 Å². The van der Waals surface area contributed by atoms with E-state index in [1.165, 1.54) is 22.5 Å². The third kappa shape index (κ3) is 3.63. The van der Waals surface area contributed by atoms with Gasteiger partial charge in [0.05, 0.1) is 20.7 Å². The molecule has 34 heavy (non-hydrogen) atoms. The molecular formula is C27H18Br2N2O2S. The second kappa shape index (κ2) is 8.48. The minimum Gasteiger partial charge on any atom is -0.507 e. The zero-order chi connectivity index (χ0) is 23.4. The summed E-state index contributed by atoms with van der Waals surface area (Å²) in [7, 11) is 0. The van der Waals surface area contributed by atoms with E-state index >= 15 is 0 Å². The van der Waals surface area contributed by atoms with Crippen molar-refractivity contribution in [3.8, 4) is 5.75 Å². The van der Waals surface area contributed by atoms with E-state index in [2.05, 4.69) is 68.3 Å². The number of thiazole rings is 1. The van der Waals surface area contributed by atoms with E-state index in [0.29, 0.717) is 13.8 Å². The van der Waals surface area contributed by atoms with Crippen molar-refractivity contribution in [3.05, 3.63) is 123 Å². The summed E-state index contributed by atoms with van der Waals surface area (Å²) < 4.78 is 4.06. The van der Waals surface area contributed by atoms with Crippen LogP contribution in [0, 0.1) is 0 Å². The predicted octanol–water partition coefficient (Wildman–Crippen LogP) is 5.55. The molecule has 1 aliphatic heterocycles. The molecule has 6 rings (SSSR count). The monoisotopic (exact) mass is 592 g/mol. The van der Waals surface area contributed by atoms with Crippen molar-refractivity contribution in [2.45, 2.75) is 18.9 Å². The lowest BCUT2D eigenvalue weighted by molar-refractivity contribution is 0.472. The molecule has 0 spiro atoms. The molecule has 0 fully saturated rings. The smallest absolute Gasteiger partial charge is 0.271 e. The van der Waals surface area contributed by atoms with Crippen LogP contribution in [0.25, 0.3) is 11.8 Å². The lowest BCUT2D eigenvalue weighted by atomic mass is 9.83. The highest BCUT2D eigenvalue weighted by atomic mass is 79.9. The molecule has 3 aromatic carbocycles. The molecule has 168 valence electrons. The first-order valence-electron chi connectivity index (χ1n) is 10.9. The van der Waals surface area contributed by atoms with Crippen LogP contribution in [-0.2, 0) is 6.42 Å². The number of aromatic nitrogens is 1. The Morgan fingerprint density at radius 2 is 1.82 bits per heavy atom.